The van der Waals surface area contributed by atoms with Gasteiger partial charge in [-0.2, -0.15) is 0 Å². The van der Waals surface area contributed by atoms with Gasteiger partial charge in [-0.05, 0) is 95.6 Å². The zero-order valence-electron chi connectivity index (χ0n) is 34.9. The Morgan fingerprint density at radius 2 is 1.62 bits per heavy atom. The standard InChI is InChI=1S/C33H31N2OS.C15H28O2.Ir/c1-19(2)11-24-18-37-30-14-21(7-8-25(24)30)26-15-29(35-32-31(26)20(3)17-36-32)23-12-22-9-10-34-16-27(22)28(13-23)33(4,5)6;1-7-14(5,8-2)12(16)11-13(17)15(6,9-3)10-4;/h7-10,13-19H,11H2,1-6H3;11,16H,7-10H2,1-6H3;/q-1;;/b;12-11-;. The van der Waals surface area contributed by atoms with E-state index in [2.05, 4.69) is 88.3 Å². The zero-order chi connectivity index (χ0) is 39.6. The minimum absolute atomic E-state index is 0. The Balaban J connectivity index is 0.000000320. The number of aromatic nitrogens is 2. The Morgan fingerprint density at radius 3 is 2.24 bits per heavy atom. The van der Waals surface area contributed by atoms with Gasteiger partial charge >= 0.3 is 0 Å². The summed E-state index contributed by atoms with van der Waals surface area (Å²) >= 11 is 1.83. The molecule has 0 aliphatic carbocycles. The van der Waals surface area contributed by atoms with Gasteiger partial charge in [-0.25, -0.2) is 0 Å². The second kappa shape index (κ2) is 17.7. The van der Waals surface area contributed by atoms with Crippen LogP contribution in [-0.2, 0) is 36.7 Å². The number of hydrogen-bond acceptors (Lipinski definition) is 6. The van der Waals surface area contributed by atoms with Crippen LogP contribution in [0, 0.1) is 29.7 Å². The van der Waals surface area contributed by atoms with Gasteiger partial charge in [0, 0.05) is 59.0 Å². The number of ketones is 1. The number of pyridine rings is 2. The van der Waals surface area contributed by atoms with Crippen LogP contribution in [0.25, 0.3) is 54.3 Å². The molecular weight excluding hydrogens is 877 g/mol. The Hall–Kier alpha value is -3.64. The predicted molar refractivity (Wildman–Crippen MR) is 229 cm³/mol. The maximum Gasteiger partial charge on any atom is 0.219 e. The van der Waals surface area contributed by atoms with Gasteiger partial charge in [0.2, 0.25) is 5.71 Å². The van der Waals surface area contributed by atoms with Crippen LogP contribution in [0.4, 0.5) is 0 Å². The number of nitrogens with zero attached hydrogens (tertiary/aromatic N) is 2. The number of aryl methyl sites for hydroxylation is 1. The van der Waals surface area contributed by atoms with E-state index in [1.807, 2.05) is 77.6 Å². The SMILES string of the molecule is CCC(C)(CC)C(=O)/C=C(\O)C(C)(CC)CC.Cc1coc2nc(-c3[c-]c4ccncc4c(C(C)(C)C)c3)cc(-c3ccc4c(CC(C)C)csc4c3)c12.[Ir]. The summed E-state index contributed by atoms with van der Waals surface area (Å²) in [5.41, 5.74) is 7.96. The summed E-state index contributed by atoms with van der Waals surface area (Å²) in [4.78, 5) is 21.5. The summed E-state index contributed by atoms with van der Waals surface area (Å²) in [6.45, 7) is 25.4. The van der Waals surface area contributed by atoms with Gasteiger partial charge in [0.15, 0.2) is 5.78 Å². The Morgan fingerprint density at radius 1 is 0.945 bits per heavy atom. The number of hydrogen-bond donors (Lipinski definition) is 1. The second-order valence-electron chi connectivity index (χ2n) is 16.9. The molecule has 6 aromatic rings. The topological polar surface area (TPSA) is 76.2 Å². The Kier molecular flexibility index (Phi) is 14.2. The van der Waals surface area contributed by atoms with Gasteiger partial charge in [0.1, 0.15) is 5.76 Å². The molecule has 4 aromatic heterocycles. The maximum absolute atomic E-state index is 12.2. The predicted octanol–water partition coefficient (Wildman–Crippen LogP) is 14.2. The third-order valence-electron chi connectivity index (χ3n) is 11.7. The number of aliphatic hydroxyl groups is 1. The van der Waals surface area contributed by atoms with Gasteiger partial charge < -0.3 is 9.52 Å². The number of carbonyl (C=O) groups excluding carboxylic acids is 1. The van der Waals surface area contributed by atoms with Crippen LogP contribution in [-0.4, -0.2) is 20.9 Å². The molecular formula is C48H59IrN2O3S-. The molecule has 6 rings (SSSR count). The van der Waals surface area contributed by atoms with Crippen molar-refractivity contribution in [2.75, 3.05) is 0 Å². The molecule has 55 heavy (non-hydrogen) atoms. The number of aliphatic hydroxyl groups excluding tert-OH is 1. The number of rotatable bonds is 11. The molecule has 0 atom stereocenters. The molecule has 0 amide bonds. The second-order valence-corrected chi connectivity index (χ2v) is 17.8. The molecule has 4 heterocycles. The van der Waals surface area contributed by atoms with E-state index >= 15 is 0 Å². The maximum atomic E-state index is 12.2. The molecule has 0 unspecified atom stereocenters. The number of thiophene rings is 1. The summed E-state index contributed by atoms with van der Waals surface area (Å²) in [5.74, 6) is 0.925. The van der Waals surface area contributed by atoms with Crippen LogP contribution in [0.1, 0.15) is 119 Å². The van der Waals surface area contributed by atoms with Crippen molar-refractivity contribution in [3.8, 4) is 22.4 Å². The number of fused-ring (bicyclic) bond motifs is 3. The molecule has 5 nitrogen and oxygen atoms in total. The molecule has 0 saturated heterocycles. The average Bonchev–Trinajstić information content (AvgIpc) is 3.74. The Bertz CT molecular complexity index is 2300. The monoisotopic (exact) mass is 936 g/mol. The van der Waals surface area contributed by atoms with E-state index in [0.717, 1.165) is 70.6 Å². The first-order valence-electron chi connectivity index (χ1n) is 19.6. The van der Waals surface area contributed by atoms with Crippen molar-refractivity contribution in [3.05, 3.63) is 95.0 Å². The van der Waals surface area contributed by atoms with Crippen molar-refractivity contribution in [2.24, 2.45) is 16.7 Å². The van der Waals surface area contributed by atoms with Crippen LogP contribution in [0.2, 0.25) is 0 Å². The molecule has 0 bridgehead atoms. The van der Waals surface area contributed by atoms with Crippen molar-refractivity contribution in [3.63, 3.8) is 0 Å². The molecule has 0 aliphatic heterocycles. The summed E-state index contributed by atoms with van der Waals surface area (Å²) in [6.07, 6.45) is 11.4. The first-order chi connectivity index (χ1) is 25.5. The molecule has 1 radical (unpaired) electrons. The molecule has 7 heteroatoms. The fourth-order valence-corrected chi connectivity index (χ4v) is 7.98. The van der Waals surface area contributed by atoms with E-state index in [1.54, 1.807) is 0 Å². The molecule has 0 fully saturated rings. The minimum atomic E-state index is -0.337. The quantitative estimate of drug-likeness (QED) is 0.0796. The summed E-state index contributed by atoms with van der Waals surface area (Å²) in [7, 11) is 0. The summed E-state index contributed by atoms with van der Waals surface area (Å²) in [6, 6.07) is 16.9. The molecule has 0 saturated carbocycles. The molecule has 1 N–H and O–H groups in total. The van der Waals surface area contributed by atoms with E-state index in [4.69, 9.17) is 9.40 Å². The van der Waals surface area contributed by atoms with Crippen LogP contribution >= 0.6 is 11.3 Å². The first kappa shape index (κ1) is 44.1. The van der Waals surface area contributed by atoms with Gasteiger partial charge in [-0.1, -0.05) is 111 Å². The summed E-state index contributed by atoms with van der Waals surface area (Å²) < 4.78 is 7.28. The Labute approximate surface area is 346 Å². The normalized spacial score (nSPS) is 12.6. The van der Waals surface area contributed by atoms with Crippen molar-refractivity contribution in [1.29, 1.82) is 0 Å². The minimum Gasteiger partial charge on any atom is -0.512 e. The van der Waals surface area contributed by atoms with Crippen LogP contribution in [0.5, 0.6) is 0 Å². The van der Waals surface area contributed by atoms with Gasteiger partial charge in [-0.3, -0.25) is 14.8 Å². The van der Waals surface area contributed by atoms with Gasteiger partial charge in [0.05, 0.1) is 6.26 Å². The van der Waals surface area contributed by atoms with E-state index in [-0.39, 0.29) is 47.9 Å². The molecule has 0 spiro atoms. The smallest absolute Gasteiger partial charge is 0.219 e. The largest absolute Gasteiger partial charge is 0.512 e. The third kappa shape index (κ3) is 9.33. The number of carbonyl (C=O) groups is 1. The first-order valence-corrected chi connectivity index (χ1v) is 20.5. The zero-order valence-corrected chi connectivity index (χ0v) is 38.1. The molecule has 0 aliphatic rings. The summed E-state index contributed by atoms with van der Waals surface area (Å²) in [5, 5.41) is 17.1. The van der Waals surface area contributed by atoms with Gasteiger partial charge in [0.25, 0.3) is 0 Å². The van der Waals surface area contributed by atoms with Crippen molar-refractivity contribution in [1.82, 2.24) is 9.97 Å². The van der Waals surface area contributed by atoms with E-state index in [0.29, 0.717) is 11.6 Å². The van der Waals surface area contributed by atoms with E-state index < -0.39 is 0 Å². The van der Waals surface area contributed by atoms with Crippen molar-refractivity contribution in [2.45, 2.75) is 121 Å². The van der Waals surface area contributed by atoms with Gasteiger partial charge in [-0.15, -0.1) is 34.9 Å². The fourth-order valence-electron chi connectivity index (χ4n) is 6.97. The van der Waals surface area contributed by atoms with Crippen molar-refractivity contribution >= 4 is 49.1 Å². The number of furan rings is 1. The van der Waals surface area contributed by atoms with Crippen LogP contribution in [0.15, 0.2) is 76.7 Å². The fraction of sp³-hybridized carbons (Fsp3) is 0.438. The van der Waals surface area contributed by atoms with Crippen molar-refractivity contribution < 1.29 is 34.4 Å². The number of allylic oxidation sites excluding steroid dienone is 2. The van der Waals surface area contributed by atoms with E-state index in [9.17, 15) is 9.90 Å². The van der Waals surface area contributed by atoms with Crippen LogP contribution < -0.4 is 0 Å². The molecule has 2 aromatic carbocycles. The van der Waals surface area contributed by atoms with Crippen LogP contribution in [0.3, 0.4) is 0 Å². The third-order valence-corrected chi connectivity index (χ3v) is 12.7. The van der Waals surface area contributed by atoms with E-state index in [1.165, 1.54) is 32.9 Å². The molecule has 295 valence electrons. The average molecular weight is 936 g/mol. The number of benzene rings is 2.